The fourth-order valence-corrected chi connectivity index (χ4v) is 6.77. The maximum atomic E-state index is 13.1. The number of nitrogens with zero attached hydrogens (tertiary/aromatic N) is 2. The Kier molecular flexibility index (Phi) is 6.06. The third-order valence-corrected chi connectivity index (χ3v) is 7.99. The number of benzene rings is 1. The number of hydrogen-bond acceptors (Lipinski definition) is 6. The van der Waals surface area contributed by atoms with Crippen molar-refractivity contribution in [1.82, 2.24) is 15.1 Å². The molecule has 8 heteroatoms. The number of aromatic amines is 1. The molecule has 7 nitrogen and oxygen atoms in total. The first-order valence-corrected chi connectivity index (χ1v) is 12.4. The molecule has 0 amide bonds. The van der Waals surface area contributed by atoms with Gasteiger partial charge in [-0.25, -0.2) is 8.42 Å². The summed E-state index contributed by atoms with van der Waals surface area (Å²) >= 11 is 0. The fourth-order valence-electron chi connectivity index (χ4n) is 4.82. The Bertz CT molecular complexity index is 937. The molecule has 4 rings (SSSR count). The molecular formula is C22H31N3O4S. The molecule has 2 aromatic rings. The van der Waals surface area contributed by atoms with Crippen molar-refractivity contribution in [3.8, 4) is 11.5 Å². The quantitative estimate of drug-likeness (QED) is 0.684. The molecule has 1 N–H and O–H groups in total. The maximum Gasteiger partial charge on any atom is 0.195 e. The van der Waals surface area contributed by atoms with E-state index in [0.717, 1.165) is 43.6 Å². The molecule has 3 atom stereocenters. The van der Waals surface area contributed by atoms with E-state index in [-0.39, 0.29) is 24.1 Å². The third kappa shape index (κ3) is 4.34. The summed E-state index contributed by atoms with van der Waals surface area (Å²) in [4.78, 5) is 2.52. The number of aryl methyl sites for hydroxylation is 2. The van der Waals surface area contributed by atoms with Crippen LogP contribution < -0.4 is 9.47 Å². The molecule has 2 fully saturated rings. The van der Waals surface area contributed by atoms with Gasteiger partial charge in [0.05, 0.1) is 18.0 Å². The van der Waals surface area contributed by atoms with Crippen molar-refractivity contribution in [1.29, 1.82) is 0 Å². The summed E-state index contributed by atoms with van der Waals surface area (Å²) in [6.07, 6.45) is 4.84. The summed E-state index contributed by atoms with van der Waals surface area (Å²) in [5.74, 6) is 1.75. The molecule has 2 saturated heterocycles. The number of ether oxygens (including phenoxy) is 2. The minimum absolute atomic E-state index is 0.0553. The monoisotopic (exact) mass is 433 g/mol. The van der Waals surface area contributed by atoms with Crippen LogP contribution in [-0.2, 0) is 9.84 Å². The normalized spacial score (nSPS) is 24.2. The first-order chi connectivity index (χ1) is 14.4. The van der Waals surface area contributed by atoms with Gasteiger partial charge in [0.15, 0.2) is 9.84 Å². The van der Waals surface area contributed by atoms with Gasteiger partial charge in [0.2, 0.25) is 0 Å². The summed E-state index contributed by atoms with van der Waals surface area (Å²) in [5.41, 5.74) is 1.16. The number of aromatic nitrogens is 2. The second-order valence-corrected chi connectivity index (χ2v) is 10.3. The van der Waals surface area contributed by atoms with Gasteiger partial charge in [0, 0.05) is 12.1 Å². The van der Waals surface area contributed by atoms with E-state index < -0.39 is 9.84 Å². The van der Waals surface area contributed by atoms with Crippen molar-refractivity contribution in [3.05, 3.63) is 35.7 Å². The predicted octanol–water partition coefficient (Wildman–Crippen LogP) is 3.62. The highest BCUT2D eigenvalue weighted by Gasteiger charge is 2.43. The second-order valence-electron chi connectivity index (χ2n) is 8.44. The van der Waals surface area contributed by atoms with E-state index in [4.69, 9.17) is 9.47 Å². The standard InChI is InChI=1S/C22H31N3O4S/c1-4-11-28-19-7-9-20(10-8-19)29-21-12-17-5-6-18(13-21)25(17)14-30(26,27)22-15(2)23-24-16(22)3/h7-10,17-18,21H,4-6,11-14H2,1-3H3,(H,23,24)/t17-,18?,21-/m1/s1. The molecule has 0 radical (unpaired) electrons. The van der Waals surface area contributed by atoms with Crippen LogP contribution in [0.1, 0.15) is 50.4 Å². The van der Waals surface area contributed by atoms with Crippen LogP contribution in [0.2, 0.25) is 0 Å². The van der Waals surface area contributed by atoms with Gasteiger partial charge >= 0.3 is 0 Å². The van der Waals surface area contributed by atoms with Crippen molar-refractivity contribution in [2.75, 3.05) is 12.5 Å². The van der Waals surface area contributed by atoms with Crippen molar-refractivity contribution < 1.29 is 17.9 Å². The molecule has 3 heterocycles. The Morgan fingerprint density at radius 2 is 1.73 bits per heavy atom. The van der Waals surface area contributed by atoms with Gasteiger partial charge in [0.1, 0.15) is 28.4 Å². The fraction of sp³-hybridized carbons (Fsp3) is 0.591. The van der Waals surface area contributed by atoms with Crippen molar-refractivity contribution in [2.45, 2.75) is 76.0 Å². The van der Waals surface area contributed by atoms with Gasteiger partial charge in [-0.1, -0.05) is 6.92 Å². The number of fused-ring (bicyclic) bond motifs is 2. The number of H-pyrrole nitrogens is 1. The minimum Gasteiger partial charge on any atom is -0.494 e. The van der Waals surface area contributed by atoms with E-state index >= 15 is 0 Å². The first-order valence-electron chi connectivity index (χ1n) is 10.8. The highest BCUT2D eigenvalue weighted by atomic mass is 32.2. The van der Waals surface area contributed by atoms with Crippen molar-refractivity contribution in [2.24, 2.45) is 0 Å². The molecule has 0 saturated carbocycles. The molecule has 0 aliphatic carbocycles. The molecule has 1 aromatic carbocycles. The Labute approximate surface area is 178 Å². The Morgan fingerprint density at radius 1 is 1.10 bits per heavy atom. The lowest BCUT2D eigenvalue weighted by molar-refractivity contribution is 0.0608. The van der Waals surface area contributed by atoms with Crippen LogP contribution in [0.4, 0.5) is 0 Å². The van der Waals surface area contributed by atoms with Crippen LogP contribution in [0.5, 0.6) is 11.5 Å². The zero-order chi connectivity index (χ0) is 21.3. The Morgan fingerprint density at radius 3 is 2.30 bits per heavy atom. The maximum absolute atomic E-state index is 13.1. The Balaban J connectivity index is 1.39. The zero-order valence-electron chi connectivity index (χ0n) is 17.9. The topological polar surface area (TPSA) is 84.5 Å². The van der Waals surface area contributed by atoms with Crippen LogP contribution in [0.15, 0.2) is 29.2 Å². The van der Waals surface area contributed by atoms with E-state index in [1.54, 1.807) is 13.8 Å². The van der Waals surface area contributed by atoms with Crippen molar-refractivity contribution >= 4 is 9.84 Å². The highest BCUT2D eigenvalue weighted by Crippen LogP contribution is 2.38. The van der Waals surface area contributed by atoms with E-state index in [1.807, 2.05) is 24.3 Å². The zero-order valence-corrected chi connectivity index (χ0v) is 18.7. The van der Waals surface area contributed by atoms with E-state index in [1.165, 1.54) is 0 Å². The smallest absolute Gasteiger partial charge is 0.195 e. The minimum atomic E-state index is -3.42. The summed E-state index contributed by atoms with van der Waals surface area (Å²) in [5, 5.41) is 6.85. The molecule has 2 aliphatic rings. The lowest BCUT2D eigenvalue weighted by Gasteiger charge is -2.38. The molecule has 2 bridgehead atoms. The van der Waals surface area contributed by atoms with Crippen LogP contribution in [0.3, 0.4) is 0 Å². The van der Waals surface area contributed by atoms with Gasteiger partial charge < -0.3 is 9.47 Å². The summed E-state index contributed by atoms with van der Waals surface area (Å²) in [6, 6.07) is 8.27. The number of hydrogen-bond donors (Lipinski definition) is 1. The van der Waals surface area contributed by atoms with E-state index in [2.05, 4.69) is 22.0 Å². The van der Waals surface area contributed by atoms with Gasteiger partial charge in [0.25, 0.3) is 0 Å². The van der Waals surface area contributed by atoms with E-state index in [0.29, 0.717) is 22.9 Å². The number of nitrogens with one attached hydrogen (secondary N) is 1. The number of sulfone groups is 1. The van der Waals surface area contributed by atoms with Gasteiger partial charge in [-0.05, 0) is 70.2 Å². The van der Waals surface area contributed by atoms with Crippen LogP contribution in [-0.4, -0.2) is 54.2 Å². The van der Waals surface area contributed by atoms with Gasteiger partial charge in [-0.3, -0.25) is 10.00 Å². The van der Waals surface area contributed by atoms with Crippen molar-refractivity contribution in [3.63, 3.8) is 0 Å². The molecule has 1 aromatic heterocycles. The van der Waals surface area contributed by atoms with Crippen LogP contribution in [0.25, 0.3) is 0 Å². The largest absolute Gasteiger partial charge is 0.494 e. The third-order valence-electron chi connectivity index (χ3n) is 6.13. The average molecular weight is 434 g/mol. The molecule has 30 heavy (non-hydrogen) atoms. The second kappa shape index (κ2) is 8.59. The molecule has 164 valence electrons. The van der Waals surface area contributed by atoms with Crippen LogP contribution >= 0.6 is 0 Å². The van der Waals surface area contributed by atoms with Gasteiger partial charge in [-0.2, -0.15) is 5.10 Å². The van der Waals surface area contributed by atoms with Gasteiger partial charge in [-0.15, -0.1) is 0 Å². The molecule has 1 unspecified atom stereocenters. The summed E-state index contributed by atoms with van der Waals surface area (Å²) in [6.45, 7) is 6.30. The predicted molar refractivity (Wildman–Crippen MR) is 115 cm³/mol. The Hall–Kier alpha value is -2.06. The summed E-state index contributed by atoms with van der Waals surface area (Å²) < 4.78 is 38.0. The highest BCUT2D eigenvalue weighted by molar-refractivity contribution is 7.91. The van der Waals surface area contributed by atoms with E-state index in [9.17, 15) is 8.42 Å². The first kappa shape index (κ1) is 21.2. The van der Waals surface area contributed by atoms with Crippen LogP contribution in [0, 0.1) is 13.8 Å². The lowest BCUT2D eigenvalue weighted by Crippen LogP contribution is -2.48. The lowest BCUT2D eigenvalue weighted by atomic mass is 10.0. The summed E-state index contributed by atoms with van der Waals surface area (Å²) in [7, 11) is -3.42. The number of rotatable bonds is 8. The average Bonchev–Trinajstić information content (AvgIpc) is 3.15. The molecule has 0 spiro atoms. The SMILES string of the molecule is CCCOc1ccc(O[C@H]2CC3CC[C@H](C2)N3CS(=O)(=O)c2c(C)n[nH]c2C)cc1. The number of piperidine rings is 1. The molecular weight excluding hydrogens is 402 g/mol. The molecule has 2 aliphatic heterocycles.